The number of nitrogens with one attached hydrogen (secondary N) is 1. The van der Waals surface area contributed by atoms with Crippen molar-refractivity contribution in [1.29, 1.82) is 0 Å². The summed E-state index contributed by atoms with van der Waals surface area (Å²) < 4.78 is 33.7. The number of ether oxygens (including phenoxy) is 1. The summed E-state index contributed by atoms with van der Waals surface area (Å²) >= 11 is 0. The third kappa shape index (κ3) is 5.18. The summed E-state index contributed by atoms with van der Waals surface area (Å²) in [6.07, 6.45) is 1.57. The fourth-order valence-corrected chi connectivity index (χ4v) is 3.06. The normalized spacial score (nSPS) is 10.7. The van der Waals surface area contributed by atoms with E-state index in [1.807, 2.05) is 31.2 Å². The quantitative estimate of drug-likeness (QED) is 0.448. The number of amides is 1. The van der Waals surface area contributed by atoms with Crippen molar-refractivity contribution in [3.8, 4) is 11.4 Å². The number of rotatable bonds is 7. The molecule has 0 unspecified atom stereocenters. The number of carbonyl (C=O) groups is 1. The van der Waals surface area contributed by atoms with Gasteiger partial charge in [-0.1, -0.05) is 42.0 Å². The first-order valence-electron chi connectivity index (χ1n) is 10.0. The summed E-state index contributed by atoms with van der Waals surface area (Å²) in [5.74, 6) is -0.848. The van der Waals surface area contributed by atoms with Crippen LogP contribution in [0.5, 0.6) is 5.75 Å². The zero-order valence-electron chi connectivity index (χ0n) is 17.4. The largest absolute Gasteiger partial charge is 0.485 e. The number of carbonyl (C=O) groups excluding carboxylic acids is 1. The van der Waals surface area contributed by atoms with E-state index in [0.717, 1.165) is 16.7 Å². The molecule has 0 fully saturated rings. The average Bonchev–Trinajstić information content (AvgIpc) is 3.23. The number of aryl methyl sites for hydroxylation is 1. The zero-order valence-corrected chi connectivity index (χ0v) is 17.4. The third-order valence-electron chi connectivity index (χ3n) is 4.87. The van der Waals surface area contributed by atoms with Gasteiger partial charge in [-0.2, -0.15) is 5.10 Å². The Bertz CT molecular complexity index is 1200. The van der Waals surface area contributed by atoms with Crippen LogP contribution in [0.3, 0.4) is 0 Å². The Morgan fingerprint density at radius 3 is 2.16 bits per heavy atom. The lowest BCUT2D eigenvalue weighted by atomic mass is 10.1. The van der Waals surface area contributed by atoms with Gasteiger partial charge in [0, 0.05) is 6.54 Å². The van der Waals surface area contributed by atoms with Crippen molar-refractivity contribution in [3.63, 3.8) is 0 Å². The van der Waals surface area contributed by atoms with Gasteiger partial charge in [-0.05, 0) is 54.4 Å². The summed E-state index contributed by atoms with van der Waals surface area (Å²) in [5.41, 5.74) is 3.51. The first-order chi connectivity index (χ1) is 15.5. The second-order valence-electron chi connectivity index (χ2n) is 7.35. The van der Waals surface area contributed by atoms with Crippen LogP contribution in [-0.4, -0.2) is 15.7 Å². The Morgan fingerprint density at radius 1 is 0.906 bits per heavy atom. The molecule has 4 aromatic rings. The van der Waals surface area contributed by atoms with Crippen LogP contribution in [0, 0.1) is 18.6 Å². The summed E-state index contributed by atoms with van der Waals surface area (Å²) in [5, 5.41) is 7.21. The molecule has 0 aliphatic rings. The minimum absolute atomic E-state index is 0.101. The van der Waals surface area contributed by atoms with Crippen LogP contribution in [0.15, 0.2) is 79.0 Å². The highest BCUT2D eigenvalue weighted by atomic mass is 19.1. The van der Waals surface area contributed by atoms with Gasteiger partial charge >= 0.3 is 0 Å². The lowest BCUT2D eigenvalue weighted by molar-refractivity contribution is 0.0941. The Labute approximate surface area is 184 Å². The van der Waals surface area contributed by atoms with Gasteiger partial charge in [0.25, 0.3) is 5.91 Å². The molecule has 0 saturated carbocycles. The highest BCUT2D eigenvalue weighted by molar-refractivity contribution is 5.94. The number of hydrogen-bond acceptors (Lipinski definition) is 3. The highest BCUT2D eigenvalue weighted by Gasteiger charge is 2.19. The molecule has 0 aliphatic heterocycles. The zero-order chi connectivity index (χ0) is 22.5. The van der Waals surface area contributed by atoms with Crippen molar-refractivity contribution in [1.82, 2.24) is 15.1 Å². The van der Waals surface area contributed by atoms with Crippen molar-refractivity contribution in [2.24, 2.45) is 0 Å². The lowest BCUT2D eigenvalue weighted by Crippen LogP contribution is -2.24. The van der Waals surface area contributed by atoms with E-state index in [1.165, 1.54) is 28.9 Å². The monoisotopic (exact) mass is 433 g/mol. The molecular weight excluding hydrogens is 412 g/mol. The number of hydrogen-bond donors (Lipinski definition) is 1. The van der Waals surface area contributed by atoms with Gasteiger partial charge in [-0.15, -0.1) is 0 Å². The fourth-order valence-electron chi connectivity index (χ4n) is 3.06. The maximum absolute atomic E-state index is 13.3. The number of benzene rings is 3. The molecule has 3 aromatic carbocycles. The van der Waals surface area contributed by atoms with Crippen LogP contribution in [0.1, 0.15) is 27.2 Å². The van der Waals surface area contributed by atoms with E-state index in [4.69, 9.17) is 4.74 Å². The number of nitrogens with zero attached hydrogens (tertiary/aromatic N) is 2. The maximum atomic E-state index is 13.3. The molecule has 5 nitrogen and oxygen atoms in total. The van der Waals surface area contributed by atoms with Crippen LogP contribution in [0.4, 0.5) is 8.78 Å². The van der Waals surface area contributed by atoms with Gasteiger partial charge in [-0.3, -0.25) is 4.79 Å². The van der Waals surface area contributed by atoms with E-state index in [0.29, 0.717) is 12.2 Å². The molecule has 1 amide bonds. The second kappa shape index (κ2) is 9.43. The fraction of sp³-hybridized carbons (Fsp3) is 0.120. The Kier molecular flexibility index (Phi) is 6.26. The van der Waals surface area contributed by atoms with E-state index >= 15 is 0 Å². The second-order valence-corrected chi connectivity index (χ2v) is 7.35. The van der Waals surface area contributed by atoms with Gasteiger partial charge < -0.3 is 10.1 Å². The summed E-state index contributed by atoms with van der Waals surface area (Å²) in [6, 6.07) is 19.5. The predicted molar refractivity (Wildman–Crippen MR) is 117 cm³/mol. The van der Waals surface area contributed by atoms with E-state index in [1.54, 1.807) is 30.5 Å². The van der Waals surface area contributed by atoms with Crippen molar-refractivity contribution >= 4 is 5.91 Å². The Hall–Kier alpha value is -4.00. The molecule has 162 valence electrons. The third-order valence-corrected chi connectivity index (χ3v) is 4.87. The van der Waals surface area contributed by atoms with E-state index < -0.39 is 5.91 Å². The number of aromatic nitrogens is 2. The predicted octanol–water partition coefficient (Wildman–Crippen LogP) is 4.97. The van der Waals surface area contributed by atoms with Crippen LogP contribution < -0.4 is 10.1 Å². The maximum Gasteiger partial charge on any atom is 0.275 e. The minimum Gasteiger partial charge on any atom is -0.485 e. The van der Waals surface area contributed by atoms with Gasteiger partial charge in [0.1, 0.15) is 18.2 Å². The molecule has 7 heteroatoms. The average molecular weight is 433 g/mol. The molecule has 1 heterocycles. The van der Waals surface area contributed by atoms with Crippen molar-refractivity contribution in [3.05, 3.63) is 113 Å². The van der Waals surface area contributed by atoms with Crippen LogP contribution in [0.25, 0.3) is 5.69 Å². The minimum atomic E-state index is -0.402. The first-order valence-corrected chi connectivity index (χ1v) is 10.0. The smallest absolute Gasteiger partial charge is 0.275 e. The van der Waals surface area contributed by atoms with E-state index in [2.05, 4.69) is 10.4 Å². The van der Waals surface area contributed by atoms with Gasteiger partial charge in [0.2, 0.25) is 0 Å². The number of halogens is 2. The van der Waals surface area contributed by atoms with Crippen LogP contribution in [0.2, 0.25) is 0 Å². The molecule has 0 atom stereocenters. The van der Waals surface area contributed by atoms with Gasteiger partial charge in [0.15, 0.2) is 11.4 Å². The van der Waals surface area contributed by atoms with Gasteiger partial charge in [-0.25, -0.2) is 13.5 Å². The topological polar surface area (TPSA) is 56.2 Å². The SMILES string of the molecule is Cc1ccc(CNC(=O)c2nn(-c3ccc(F)cc3)cc2OCc2ccc(F)cc2)cc1. The Morgan fingerprint density at radius 2 is 1.50 bits per heavy atom. The summed E-state index contributed by atoms with van der Waals surface area (Å²) in [7, 11) is 0. The molecule has 0 radical (unpaired) electrons. The van der Waals surface area contributed by atoms with E-state index in [-0.39, 0.29) is 29.7 Å². The molecule has 32 heavy (non-hydrogen) atoms. The highest BCUT2D eigenvalue weighted by Crippen LogP contribution is 2.22. The first kappa shape index (κ1) is 21.2. The lowest BCUT2D eigenvalue weighted by Gasteiger charge is -2.07. The molecule has 4 rings (SSSR count). The molecule has 0 aliphatic carbocycles. The molecular formula is C25H21F2N3O2. The molecule has 0 saturated heterocycles. The Balaban J connectivity index is 1.55. The standard InChI is InChI=1S/C25H21F2N3O2/c1-17-2-4-18(5-3-17)14-28-25(31)24-23(32-16-19-6-8-20(26)9-7-19)15-30(29-24)22-12-10-21(27)11-13-22/h2-13,15H,14,16H2,1H3,(H,28,31). The molecule has 1 aromatic heterocycles. The molecule has 1 N–H and O–H groups in total. The van der Waals surface area contributed by atoms with E-state index in [9.17, 15) is 13.6 Å². The molecule has 0 spiro atoms. The van der Waals surface area contributed by atoms with Crippen LogP contribution >= 0.6 is 0 Å². The summed E-state index contributed by atoms with van der Waals surface area (Å²) in [6.45, 7) is 2.46. The summed E-state index contributed by atoms with van der Waals surface area (Å²) in [4.78, 5) is 12.9. The van der Waals surface area contributed by atoms with Crippen molar-refractivity contribution in [2.75, 3.05) is 0 Å². The van der Waals surface area contributed by atoms with Gasteiger partial charge in [0.05, 0.1) is 11.9 Å². The van der Waals surface area contributed by atoms with Crippen LogP contribution in [-0.2, 0) is 13.2 Å². The van der Waals surface area contributed by atoms with Crippen molar-refractivity contribution in [2.45, 2.75) is 20.1 Å². The molecule has 0 bridgehead atoms. The van der Waals surface area contributed by atoms with Crippen molar-refractivity contribution < 1.29 is 18.3 Å².